The molecule has 0 spiro atoms. The molecule has 0 N–H and O–H groups in total. The summed E-state index contributed by atoms with van der Waals surface area (Å²) in [7, 11) is 1.55. The summed E-state index contributed by atoms with van der Waals surface area (Å²) in [5, 5.41) is 0.670. The molecule has 0 amide bonds. The zero-order chi connectivity index (χ0) is 14.2. The van der Waals surface area contributed by atoms with E-state index in [0.717, 1.165) is 11.1 Å². The number of carbonyl (C=O) groups is 1. The van der Waals surface area contributed by atoms with Gasteiger partial charge in [-0.2, -0.15) is 0 Å². The first kappa shape index (κ1) is 13.2. The standard InChI is InChI=1S/C16H13ClO3/c1-19-16(10-11-6-8-12(17)9-7-11)14-5-3-2-4-13(14)15(18)20-16/h2-9H,10H2,1H3. The average Bonchev–Trinajstić information content (AvgIpc) is 2.76. The highest BCUT2D eigenvalue weighted by Gasteiger charge is 2.45. The van der Waals surface area contributed by atoms with E-state index in [1.54, 1.807) is 13.2 Å². The molecule has 0 fully saturated rings. The molecule has 1 atom stereocenters. The molecule has 1 unspecified atom stereocenters. The van der Waals surface area contributed by atoms with Crippen LogP contribution in [-0.2, 0) is 21.7 Å². The number of cyclic esters (lactones) is 1. The lowest BCUT2D eigenvalue weighted by Crippen LogP contribution is -2.31. The molecule has 1 aliphatic heterocycles. The van der Waals surface area contributed by atoms with Crippen LogP contribution in [-0.4, -0.2) is 13.1 Å². The number of carbonyl (C=O) groups excluding carboxylic acids is 1. The molecule has 1 aliphatic rings. The first-order valence-corrected chi connectivity index (χ1v) is 6.65. The molecule has 0 radical (unpaired) electrons. The number of hydrogen-bond acceptors (Lipinski definition) is 3. The van der Waals surface area contributed by atoms with E-state index in [-0.39, 0.29) is 5.97 Å². The zero-order valence-corrected chi connectivity index (χ0v) is 11.7. The Morgan fingerprint density at radius 3 is 2.55 bits per heavy atom. The first-order chi connectivity index (χ1) is 9.64. The van der Waals surface area contributed by atoms with E-state index >= 15 is 0 Å². The highest BCUT2D eigenvalue weighted by Crippen LogP contribution is 2.39. The van der Waals surface area contributed by atoms with Gasteiger partial charge in [0.15, 0.2) is 0 Å². The molecule has 3 nitrogen and oxygen atoms in total. The number of ether oxygens (including phenoxy) is 2. The maximum Gasteiger partial charge on any atom is 0.341 e. The van der Waals surface area contributed by atoms with Crippen molar-refractivity contribution in [3.05, 3.63) is 70.2 Å². The quantitative estimate of drug-likeness (QED) is 0.810. The van der Waals surface area contributed by atoms with E-state index in [0.29, 0.717) is 17.0 Å². The molecule has 0 aromatic heterocycles. The molecule has 2 aromatic rings. The third kappa shape index (κ3) is 2.09. The Morgan fingerprint density at radius 2 is 1.85 bits per heavy atom. The van der Waals surface area contributed by atoms with Crippen LogP contribution in [0.5, 0.6) is 0 Å². The first-order valence-electron chi connectivity index (χ1n) is 6.27. The van der Waals surface area contributed by atoms with Crippen LogP contribution in [0.4, 0.5) is 0 Å². The topological polar surface area (TPSA) is 35.5 Å². The SMILES string of the molecule is COC1(Cc2ccc(Cl)cc2)OC(=O)c2ccccc21. The maximum absolute atomic E-state index is 12.0. The summed E-state index contributed by atoms with van der Waals surface area (Å²) in [6.07, 6.45) is 0.448. The number of halogens is 1. The minimum Gasteiger partial charge on any atom is -0.425 e. The second-order valence-electron chi connectivity index (χ2n) is 4.70. The van der Waals surface area contributed by atoms with Crippen molar-refractivity contribution in [1.29, 1.82) is 0 Å². The van der Waals surface area contributed by atoms with E-state index in [4.69, 9.17) is 21.1 Å². The Labute approximate surface area is 122 Å². The fourth-order valence-electron chi connectivity index (χ4n) is 2.48. The second kappa shape index (κ2) is 4.93. The van der Waals surface area contributed by atoms with Crippen LogP contribution in [0, 0.1) is 0 Å². The lowest BCUT2D eigenvalue weighted by Gasteiger charge is -2.27. The van der Waals surface area contributed by atoms with Gasteiger partial charge in [-0.25, -0.2) is 4.79 Å². The predicted molar refractivity (Wildman–Crippen MR) is 75.7 cm³/mol. The second-order valence-corrected chi connectivity index (χ2v) is 5.13. The van der Waals surface area contributed by atoms with Gasteiger partial charge in [0.2, 0.25) is 5.79 Å². The van der Waals surface area contributed by atoms with Crippen LogP contribution in [0.2, 0.25) is 5.02 Å². The molecule has 0 saturated heterocycles. The number of hydrogen-bond donors (Lipinski definition) is 0. The van der Waals surface area contributed by atoms with Crippen molar-refractivity contribution in [2.24, 2.45) is 0 Å². The Kier molecular flexibility index (Phi) is 3.24. The van der Waals surface area contributed by atoms with Gasteiger partial charge >= 0.3 is 5.97 Å². The van der Waals surface area contributed by atoms with Gasteiger partial charge in [0.25, 0.3) is 0 Å². The minimum atomic E-state index is -1.05. The number of methoxy groups -OCH3 is 1. The monoisotopic (exact) mass is 288 g/mol. The number of rotatable bonds is 3. The summed E-state index contributed by atoms with van der Waals surface area (Å²) in [4.78, 5) is 12.0. The molecule has 0 saturated carbocycles. The number of benzene rings is 2. The highest BCUT2D eigenvalue weighted by molar-refractivity contribution is 6.30. The van der Waals surface area contributed by atoms with Crippen LogP contribution in [0.1, 0.15) is 21.5 Å². The van der Waals surface area contributed by atoms with Crippen molar-refractivity contribution in [3.63, 3.8) is 0 Å². The van der Waals surface area contributed by atoms with E-state index in [1.807, 2.05) is 42.5 Å². The smallest absolute Gasteiger partial charge is 0.341 e. The summed E-state index contributed by atoms with van der Waals surface area (Å²) in [6.45, 7) is 0. The molecule has 2 aromatic carbocycles. The summed E-state index contributed by atoms with van der Waals surface area (Å²) >= 11 is 5.88. The van der Waals surface area contributed by atoms with Gasteiger partial charge in [-0.3, -0.25) is 0 Å². The summed E-state index contributed by atoms with van der Waals surface area (Å²) < 4.78 is 11.1. The summed E-state index contributed by atoms with van der Waals surface area (Å²) in [5.41, 5.74) is 2.31. The van der Waals surface area contributed by atoms with E-state index < -0.39 is 5.79 Å². The molecule has 1 heterocycles. The van der Waals surface area contributed by atoms with Crippen LogP contribution < -0.4 is 0 Å². The fraction of sp³-hybridized carbons (Fsp3) is 0.188. The molecule has 3 rings (SSSR count). The van der Waals surface area contributed by atoms with Crippen molar-refractivity contribution < 1.29 is 14.3 Å². The number of fused-ring (bicyclic) bond motifs is 1. The lowest BCUT2D eigenvalue weighted by atomic mass is 9.96. The van der Waals surface area contributed by atoms with Crippen molar-refractivity contribution in [2.75, 3.05) is 7.11 Å². The van der Waals surface area contributed by atoms with Crippen molar-refractivity contribution >= 4 is 17.6 Å². The van der Waals surface area contributed by atoms with Gasteiger partial charge in [0.05, 0.1) is 5.56 Å². The van der Waals surface area contributed by atoms with E-state index in [2.05, 4.69) is 0 Å². The average molecular weight is 289 g/mol. The van der Waals surface area contributed by atoms with E-state index in [9.17, 15) is 4.79 Å². The third-order valence-corrected chi connectivity index (χ3v) is 3.75. The molecular formula is C16H13ClO3. The maximum atomic E-state index is 12.0. The molecule has 0 bridgehead atoms. The van der Waals surface area contributed by atoms with Gasteiger partial charge in [0.1, 0.15) is 0 Å². The normalized spacial score (nSPS) is 20.6. The molecule has 4 heteroatoms. The number of esters is 1. The highest BCUT2D eigenvalue weighted by atomic mass is 35.5. The zero-order valence-electron chi connectivity index (χ0n) is 10.9. The lowest BCUT2D eigenvalue weighted by molar-refractivity contribution is -0.185. The van der Waals surface area contributed by atoms with E-state index in [1.165, 1.54) is 0 Å². The third-order valence-electron chi connectivity index (χ3n) is 3.49. The molecule has 0 aliphatic carbocycles. The van der Waals surface area contributed by atoms with Crippen molar-refractivity contribution in [3.8, 4) is 0 Å². The largest absolute Gasteiger partial charge is 0.425 e. The minimum absolute atomic E-state index is 0.351. The molecule has 20 heavy (non-hydrogen) atoms. The summed E-state index contributed by atoms with van der Waals surface area (Å²) in [6, 6.07) is 14.7. The van der Waals surface area contributed by atoms with Gasteiger partial charge in [-0.05, 0) is 23.8 Å². The van der Waals surface area contributed by atoms with Crippen molar-refractivity contribution in [1.82, 2.24) is 0 Å². The van der Waals surface area contributed by atoms with Crippen LogP contribution >= 0.6 is 11.6 Å². The van der Waals surface area contributed by atoms with Gasteiger partial charge in [-0.1, -0.05) is 41.9 Å². The van der Waals surface area contributed by atoms with Crippen LogP contribution in [0.25, 0.3) is 0 Å². The Hall–Kier alpha value is -1.84. The van der Waals surface area contributed by atoms with Gasteiger partial charge in [0, 0.05) is 24.1 Å². The fourth-order valence-corrected chi connectivity index (χ4v) is 2.61. The Balaban J connectivity index is 2.01. The van der Waals surface area contributed by atoms with Crippen LogP contribution in [0.3, 0.4) is 0 Å². The van der Waals surface area contributed by atoms with Crippen LogP contribution in [0.15, 0.2) is 48.5 Å². The van der Waals surface area contributed by atoms with Crippen molar-refractivity contribution in [2.45, 2.75) is 12.2 Å². The molecular weight excluding hydrogens is 276 g/mol. The van der Waals surface area contributed by atoms with Gasteiger partial charge in [-0.15, -0.1) is 0 Å². The Morgan fingerprint density at radius 1 is 1.15 bits per heavy atom. The van der Waals surface area contributed by atoms with Gasteiger partial charge < -0.3 is 9.47 Å². The Bertz CT molecular complexity index is 651. The predicted octanol–water partition coefficient (Wildman–Crippen LogP) is 3.55. The molecule has 102 valence electrons. The summed E-state index contributed by atoms with van der Waals surface area (Å²) in [5.74, 6) is -1.40.